The zero-order chi connectivity index (χ0) is 14.9. The van der Waals surface area contributed by atoms with E-state index in [9.17, 15) is 0 Å². The molecule has 2 aromatic carbocycles. The fourth-order valence-electron chi connectivity index (χ4n) is 1.97. The predicted molar refractivity (Wildman–Crippen MR) is 83.9 cm³/mol. The van der Waals surface area contributed by atoms with Crippen molar-refractivity contribution in [1.29, 1.82) is 0 Å². The maximum Gasteiger partial charge on any atom is 0.161 e. The molecule has 0 aliphatic rings. The first-order chi connectivity index (χ1) is 10.3. The molecular weight excluding hydrogens is 264 g/mol. The average molecular weight is 286 g/mol. The largest absolute Gasteiger partial charge is 0.490 e. The maximum atomic E-state index is 5.90. The van der Waals surface area contributed by atoms with Crippen LogP contribution in [0.4, 0.5) is 0 Å². The van der Waals surface area contributed by atoms with Crippen LogP contribution in [0.1, 0.15) is 17.5 Å². The van der Waals surface area contributed by atoms with E-state index in [-0.39, 0.29) is 0 Å². The summed E-state index contributed by atoms with van der Waals surface area (Å²) in [6, 6.07) is 16.1. The van der Waals surface area contributed by atoms with Crippen LogP contribution in [0.25, 0.3) is 0 Å². The number of benzene rings is 2. The summed E-state index contributed by atoms with van der Waals surface area (Å²) >= 11 is 0. The van der Waals surface area contributed by atoms with Gasteiger partial charge in [0.25, 0.3) is 0 Å². The van der Waals surface area contributed by atoms with Gasteiger partial charge in [-0.15, -0.1) is 0 Å². The second-order valence-electron chi connectivity index (χ2n) is 4.92. The Morgan fingerprint density at radius 3 is 2.43 bits per heavy atom. The maximum absolute atomic E-state index is 5.90. The zero-order valence-electron chi connectivity index (χ0n) is 12.7. The van der Waals surface area contributed by atoms with Crippen LogP contribution in [0, 0.1) is 6.92 Å². The number of rotatable bonds is 8. The molecule has 0 N–H and O–H groups in total. The van der Waals surface area contributed by atoms with Crippen LogP contribution < -0.4 is 9.47 Å². The minimum atomic E-state index is 0.540. The predicted octanol–water partition coefficient (Wildman–Crippen LogP) is 3.99. The van der Waals surface area contributed by atoms with E-state index < -0.39 is 0 Å². The lowest BCUT2D eigenvalue weighted by Gasteiger charge is -2.13. The Hall–Kier alpha value is -2.00. The molecule has 2 aromatic rings. The normalized spacial score (nSPS) is 10.4. The second kappa shape index (κ2) is 8.32. The fraction of sp³-hybridized carbons (Fsp3) is 0.333. The number of hydrogen-bond acceptors (Lipinski definition) is 3. The SMILES string of the molecule is COCCCOc1ccc(C)cc1OCc1ccccc1. The van der Waals surface area contributed by atoms with E-state index in [0.717, 1.165) is 29.0 Å². The molecule has 3 heteroatoms. The molecule has 0 aromatic heterocycles. The van der Waals surface area contributed by atoms with Gasteiger partial charge in [0, 0.05) is 20.1 Å². The van der Waals surface area contributed by atoms with E-state index in [0.29, 0.717) is 19.8 Å². The van der Waals surface area contributed by atoms with Gasteiger partial charge in [-0.05, 0) is 30.2 Å². The summed E-state index contributed by atoms with van der Waals surface area (Å²) in [4.78, 5) is 0. The highest BCUT2D eigenvalue weighted by Crippen LogP contribution is 2.29. The highest BCUT2D eigenvalue weighted by molar-refractivity contribution is 5.42. The highest BCUT2D eigenvalue weighted by Gasteiger charge is 2.06. The van der Waals surface area contributed by atoms with Crippen LogP contribution >= 0.6 is 0 Å². The lowest BCUT2D eigenvalue weighted by atomic mass is 10.2. The fourth-order valence-corrected chi connectivity index (χ4v) is 1.97. The molecule has 0 atom stereocenters. The van der Waals surface area contributed by atoms with Crippen molar-refractivity contribution in [3.8, 4) is 11.5 Å². The van der Waals surface area contributed by atoms with Gasteiger partial charge in [-0.1, -0.05) is 36.4 Å². The number of hydrogen-bond donors (Lipinski definition) is 0. The van der Waals surface area contributed by atoms with E-state index in [1.807, 2.05) is 43.3 Å². The quantitative estimate of drug-likeness (QED) is 0.687. The third kappa shape index (κ3) is 5.12. The van der Waals surface area contributed by atoms with Gasteiger partial charge in [0.2, 0.25) is 0 Å². The summed E-state index contributed by atoms with van der Waals surface area (Å²) in [5.74, 6) is 1.57. The van der Waals surface area contributed by atoms with Gasteiger partial charge in [-0.25, -0.2) is 0 Å². The number of ether oxygens (including phenoxy) is 3. The molecule has 0 spiro atoms. The van der Waals surface area contributed by atoms with Gasteiger partial charge >= 0.3 is 0 Å². The number of methoxy groups -OCH3 is 1. The van der Waals surface area contributed by atoms with E-state index >= 15 is 0 Å². The summed E-state index contributed by atoms with van der Waals surface area (Å²) in [7, 11) is 1.69. The van der Waals surface area contributed by atoms with Gasteiger partial charge in [-0.3, -0.25) is 0 Å². The Morgan fingerprint density at radius 1 is 0.857 bits per heavy atom. The third-order valence-corrected chi connectivity index (χ3v) is 3.09. The van der Waals surface area contributed by atoms with E-state index in [4.69, 9.17) is 14.2 Å². The van der Waals surface area contributed by atoms with Crippen LogP contribution in [0.2, 0.25) is 0 Å². The summed E-state index contributed by atoms with van der Waals surface area (Å²) in [5.41, 5.74) is 2.30. The van der Waals surface area contributed by atoms with Crippen molar-refractivity contribution in [2.45, 2.75) is 20.0 Å². The van der Waals surface area contributed by atoms with Crippen molar-refractivity contribution in [3.05, 3.63) is 59.7 Å². The van der Waals surface area contributed by atoms with E-state index in [2.05, 4.69) is 12.1 Å². The summed E-state index contributed by atoms with van der Waals surface area (Å²) in [6.45, 7) is 3.91. The average Bonchev–Trinajstić information content (AvgIpc) is 2.52. The van der Waals surface area contributed by atoms with Crippen molar-refractivity contribution >= 4 is 0 Å². The van der Waals surface area contributed by atoms with Gasteiger partial charge in [-0.2, -0.15) is 0 Å². The first kappa shape index (κ1) is 15.4. The Morgan fingerprint density at radius 2 is 1.67 bits per heavy atom. The Bertz CT molecular complexity index is 537. The Balaban J connectivity index is 1.97. The first-order valence-corrected chi connectivity index (χ1v) is 7.18. The van der Waals surface area contributed by atoms with Crippen LogP contribution in [0.3, 0.4) is 0 Å². The minimum Gasteiger partial charge on any atom is -0.490 e. The third-order valence-electron chi connectivity index (χ3n) is 3.09. The summed E-state index contributed by atoms with van der Waals surface area (Å²) in [6.07, 6.45) is 0.864. The van der Waals surface area contributed by atoms with E-state index in [1.165, 1.54) is 0 Å². The molecule has 0 fully saturated rings. The van der Waals surface area contributed by atoms with Crippen molar-refractivity contribution in [1.82, 2.24) is 0 Å². The standard InChI is InChI=1S/C18H22O3/c1-15-9-10-17(20-12-6-11-19-2)18(13-15)21-14-16-7-4-3-5-8-16/h3-5,7-10,13H,6,11-12,14H2,1-2H3. The van der Waals surface area contributed by atoms with Crippen LogP contribution in [-0.2, 0) is 11.3 Å². The van der Waals surface area contributed by atoms with Crippen molar-refractivity contribution in [3.63, 3.8) is 0 Å². The molecule has 112 valence electrons. The molecule has 0 aliphatic heterocycles. The molecule has 0 saturated carbocycles. The highest BCUT2D eigenvalue weighted by atomic mass is 16.5. The number of aryl methyl sites for hydroxylation is 1. The molecule has 21 heavy (non-hydrogen) atoms. The molecule has 3 nitrogen and oxygen atoms in total. The lowest BCUT2D eigenvalue weighted by Crippen LogP contribution is -2.04. The first-order valence-electron chi connectivity index (χ1n) is 7.18. The smallest absolute Gasteiger partial charge is 0.161 e. The minimum absolute atomic E-state index is 0.540. The Kier molecular flexibility index (Phi) is 6.10. The Labute approximate surface area is 126 Å². The van der Waals surface area contributed by atoms with Crippen molar-refractivity contribution in [2.75, 3.05) is 20.3 Å². The molecular formula is C18H22O3. The molecule has 0 amide bonds. The molecule has 0 aliphatic carbocycles. The van der Waals surface area contributed by atoms with Crippen LogP contribution in [0.5, 0.6) is 11.5 Å². The molecule has 0 heterocycles. The molecule has 0 radical (unpaired) electrons. The summed E-state index contributed by atoms with van der Waals surface area (Å²) in [5, 5.41) is 0. The van der Waals surface area contributed by atoms with Crippen LogP contribution in [0.15, 0.2) is 48.5 Å². The second-order valence-corrected chi connectivity index (χ2v) is 4.92. The van der Waals surface area contributed by atoms with Gasteiger partial charge in [0.15, 0.2) is 11.5 Å². The van der Waals surface area contributed by atoms with Gasteiger partial charge in [0.05, 0.1) is 6.61 Å². The lowest BCUT2D eigenvalue weighted by molar-refractivity contribution is 0.169. The molecule has 0 bridgehead atoms. The van der Waals surface area contributed by atoms with E-state index in [1.54, 1.807) is 7.11 Å². The summed E-state index contributed by atoms with van der Waals surface area (Å²) < 4.78 is 16.7. The molecule has 0 unspecified atom stereocenters. The molecule has 0 saturated heterocycles. The van der Waals surface area contributed by atoms with Gasteiger partial charge in [0.1, 0.15) is 6.61 Å². The van der Waals surface area contributed by atoms with Crippen molar-refractivity contribution < 1.29 is 14.2 Å². The zero-order valence-corrected chi connectivity index (χ0v) is 12.7. The van der Waals surface area contributed by atoms with Gasteiger partial charge < -0.3 is 14.2 Å². The van der Waals surface area contributed by atoms with Crippen molar-refractivity contribution in [2.24, 2.45) is 0 Å². The monoisotopic (exact) mass is 286 g/mol. The van der Waals surface area contributed by atoms with Crippen LogP contribution in [-0.4, -0.2) is 20.3 Å². The topological polar surface area (TPSA) is 27.7 Å². The molecule has 2 rings (SSSR count).